The van der Waals surface area contributed by atoms with Gasteiger partial charge in [-0.15, -0.1) is 0 Å². The van der Waals surface area contributed by atoms with E-state index in [0.717, 1.165) is 17.7 Å². The first-order valence-corrected chi connectivity index (χ1v) is 7.10. The van der Waals surface area contributed by atoms with E-state index in [4.69, 9.17) is 0 Å². The third-order valence-corrected chi connectivity index (χ3v) is 3.91. The highest BCUT2D eigenvalue weighted by Crippen LogP contribution is 2.27. The highest BCUT2D eigenvalue weighted by atomic mass is 16.2. The summed E-state index contributed by atoms with van der Waals surface area (Å²) < 4.78 is 0. The Bertz CT molecular complexity index is 600. The van der Waals surface area contributed by atoms with Gasteiger partial charge in [-0.1, -0.05) is 18.2 Å². The SMILES string of the molecule is O=C1CCC(C(=O)NCC(=O)N2CCc3ccccc32)N1. The van der Waals surface area contributed by atoms with E-state index in [-0.39, 0.29) is 24.3 Å². The maximum Gasteiger partial charge on any atom is 0.246 e. The molecule has 1 aromatic carbocycles. The summed E-state index contributed by atoms with van der Waals surface area (Å²) in [5.41, 5.74) is 2.08. The van der Waals surface area contributed by atoms with Crippen molar-refractivity contribution in [2.75, 3.05) is 18.0 Å². The molecule has 1 aromatic rings. The van der Waals surface area contributed by atoms with E-state index in [1.165, 1.54) is 0 Å². The predicted octanol–water partition coefficient (Wildman–Crippen LogP) is -0.0295. The summed E-state index contributed by atoms with van der Waals surface area (Å²) in [6.07, 6.45) is 1.70. The van der Waals surface area contributed by atoms with Crippen LogP contribution in [0.2, 0.25) is 0 Å². The molecule has 0 spiro atoms. The van der Waals surface area contributed by atoms with Gasteiger partial charge in [0.2, 0.25) is 17.7 Å². The lowest BCUT2D eigenvalue weighted by Crippen LogP contribution is -2.46. The molecule has 110 valence electrons. The van der Waals surface area contributed by atoms with Crippen LogP contribution in [0.5, 0.6) is 0 Å². The standard InChI is InChI=1S/C15H17N3O3/c19-13-6-5-11(17-13)15(21)16-9-14(20)18-8-7-10-3-1-2-4-12(10)18/h1-4,11H,5-9H2,(H,16,21)(H,17,19). The first-order chi connectivity index (χ1) is 10.1. The lowest BCUT2D eigenvalue weighted by molar-refractivity contribution is -0.127. The van der Waals surface area contributed by atoms with Gasteiger partial charge in [0.05, 0.1) is 6.54 Å². The second kappa shape index (κ2) is 5.55. The molecule has 0 bridgehead atoms. The van der Waals surface area contributed by atoms with Gasteiger partial charge in [-0.25, -0.2) is 0 Å². The molecule has 6 heteroatoms. The van der Waals surface area contributed by atoms with Gasteiger partial charge < -0.3 is 15.5 Å². The Balaban J connectivity index is 1.56. The van der Waals surface area contributed by atoms with Crippen LogP contribution in [0, 0.1) is 0 Å². The minimum atomic E-state index is -0.504. The van der Waals surface area contributed by atoms with Gasteiger partial charge in [-0.05, 0) is 24.5 Å². The number of amides is 3. The van der Waals surface area contributed by atoms with Gasteiger partial charge in [0.25, 0.3) is 0 Å². The summed E-state index contributed by atoms with van der Waals surface area (Å²) >= 11 is 0. The van der Waals surface area contributed by atoms with Crippen molar-refractivity contribution in [3.8, 4) is 0 Å². The number of hydrogen-bond acceptors (Lipinski definition) is 3. The minimum absolute atomic E-state index is 0.0421. The molecule has 0 radical (unpaired) electrons. The average molecular weight is 287 g/mol. The third-order valence-electron chi connectivity index (χ3n) is 3.91. The molecule has 21 heavy (non-hydrogen) atoms. The van der Waals surface area contributed by atoms with Crippen molar-refractivity contribution in [2.45, 2.75) is 25.3 Å². The fourth-order valence-electron chi connectivity index (χ4n) is 2.79. The molecule has 3 amide bonds. The fraction of sp³-hybridized carbons (Fsp3) is 0.400. The Morgan fingerprint density at radius 2 is 2.10 bits per heavy atom. The van der Waals surface area contributed by atoms with Gasteiger partial charge in [0.1, 0.15) is 6.04 Å². The van der Waals surface area contributed by atoms with Crippen LogP contribution in [-0.4, -0.2) is 36.9 Å². The highest BCUT2D eigenvalue weighted by molar-refractivity contribution is 5.99. The van der Waals surface area contributed by atoms with Gasteiger partial charge in [0.15, 0.2) is 0 Å². The smallest absolute Gasteiger partial charge is 0.246 e. The molecule has 1 unspecified atom stereocenters. The summed E-state index contributed by atoms with van der Waals surface area (Å²) in [5, 5.41) is 5.19. The van der Waals surface area contributed by atoms with Crippen molar-refractivity contribution in [1.82, 2.24) is 10.6 Å². The Kier molecular flexibility index (Phi) is 3.60. The van der Waals surface area contributed by atoms with E-state index in [1.807, 2.05) is 24.3 Å². The van der Waals surface area contributed by atoms with Crippen molar-refractivity contribution in [2.24, 2.45) is 0 Å². The van der Waals surface area contributed by atoms with Crippen LogP contribution >= 0.6 is 0 Å². The summed E-state index contributed by atoms with van der Waals surface area (Å²) in [5.74, 6) is -0.533. The summed E-state index contributed by atoms with van der Waals surface area (Å²) in [6.45, 7) is 0.605. The molecule has 0 saturated carbocycles. The Hall–Kier alpha value is -2.37. The topological polar surface area (TPSA) is 78.5 Å². The van der Waals surface area contributed by atoms with Gasteiger partial charge in [-0.2, -0.15) is 0 Å². The molecule has 0 aliphatic carbocycles. The summed E-state index contributed by atoms with van der Waals surface area (Å²) in [7, 11) is 0. The number of para-hydroxylation sites is 1. The number of carbonyl (C=O) groups excluding carboxylic acids is 3. The normalized spacial score (nSPS) is 20.1. The fourth-order valence-corrected chi connectivity index (χ4v) is 2.79. The Morgan fingerprint density at radius 3 is 2.86 bits per heavy atom. The number of carbonyl (C=O) groups is 3. The van der Waals surface area contributed by atoms with Crippen molar-refractivity contribution in [3.05, 3.63) is 29.8 Å². The zero-order valence-corrected chi connectivity index (χ0v) is 11.6. The molecule has 3 rings (SSSR count). The van der Waals surface area contributed by atoms with Crippen molar-refractivity contribution < 1.29 is 14.4 Å². The van der Waals surface area contributed by atoms with Crippen molar-refractivity contribution >= 4 is 23.4 Å². The van der Waals surface area contributed by atoms with E-state index in [9.17, 15) is 14.4 Å². The molecule has 1 fully saturated rings. The van der Waals surface area contributed by atoms with Crippen LogP contribution in [0.4, 0.5) is 5.69 Å². The Labute approximate surface area is 122 Å². The van der Waals surface area contributed by atoms with E-state index >= 15 is 0 Å². The molecule has 1 saturated heterocycles. The summed E-state index contributed by atoms with van der Waals surface area (Å²) in [4.78, 5) is 36.8. The number of hydrogen-bond donors (Lipinski definition) is 2. The monoisotopic (exact) mass is 287 g/mol. The van der Waals surface area contributed by atoms with Crippen LogP contribution in [0.1, 0.15) is 18.4 Å². The third kappa shape index (κ3) is 2.74. The van der Waals surface area contributed by atoms with Crippen LogP contribution in [0.25, 0.3) is 0 Å². The van der Waals surface area contributed by atoms with Gasteiger partial charge >= 0.3 is 0 Å². The molecule has 2 N–H and O–H groups in total. The lowest BCUT2D eigenvalue weighted by atomic mass is 10.2. The van der Waals surface area contributed by atoms with Crippen molar-refractivity contribution in [1.29, 1.82) is 0 Å². The first kappa shape index (κ1) is 13.6. The number of benzene rings is 1. The predicted molar refractivity (Wildman–Crippen MR) is 76.7 cm³/mol. The van der Waals surface area contributed by atoms with E-state index < -0.39 is 6.04 Å². The quantitative estimate of drug-likeness (QED) is 0.819. The lowest BCUT2D eigenvalue weighted by Gasteiger charge is -2.18. The van der Waals surface area contributed by atoms with E-state index in [1.54, 1.807) is 4.90 Å². The zero-order chi connectivity index (χ0) is 14.8. The maximum atomic E-state index is 12.2. The molecular weight excluding hydrogens is 270 g/mol. The van der Waals surface area contributed by atoms with Gasteiger partial charge in [-0.3, -0.25) is 14.4 Å². The molecule has 2 heterocycles. The number of rotatable bonds is 3. The second-order valence-corrected chi connectivity index (χ2v) is 5.30. The molecule has 6 nitrogen and oxygen atoms in total. The van der Waals surface area contributed by atoms with E-state index in [2.05, 4.69) is 10.6 Å². The van der Waals surface area contributed by atoms with Gasteiger partial charge in [0, 0.05) is 18.7 Å². The number of fused-ring (bicyclic) bond motifs is 1. The molecule has 2 aliphatic heterocycles. The minimum Gasteiger partial charge on any atom is -0.345 e. The van der Waals surface area contributed by atoms with Crippen molar-refractivity contribution in [3.63, 3.8) is 0 Å². The van der Waals surface area contributed by atoms with Crippen LogP contribution in [-0.2, 0) is 20.8 Å². The molecule has 2 aliphatic rings. The largest absolute Gasteiger partial charge is 0.345 e. The van der Waals surface area contributed by atoms with Crippen LogP contribution in [0.15, 0.2) is 24.3 Å². The second-order valence-electron chi connectivity index (χ2n) is 5.30. The van der Waals surface area contributed by atoms with Crippen LogP contribution in [0.3, 0.4) is 0 Å². The zero-order valence-electron chi connectivity index (χ0n) is 11.6. The number of anilines is 1. The maximum absolute atomic E-state index is 12.2. The first-order valence-electron chi connectivity index (χ1n) is 7.10. The Morgan fingerprint density at radius 1 is 1.29 bits per heavy atom. The number of nitrogens with one attached hydrogen (secondary N) is 2. The number of nitrogens with zero attached hydrogens (tertiary/aromatic N) is 1. The van der Waals surface area contributed by atoms with E-state index in [0.29, 0.717) is 19.4 Å². The summed E-state index contributed by atoms with van der Waals surface area (Å²) in [6, 6.07) is 7.28. The highest BCUT2D eigenvalue weighted by Gasteiger charge is 2.28. The van der Waals surface area contributed by atoms with Crippen LogP contribution < -0.4 is 15.5 Å². The molecule has 1 atom stereocenters. The molecule has 0 aromatic heterocycles. The molecular formula is C15H17N3O3. The average Bonchev–Trinajstić information content (AvgIpc) is 3.10.